The Morgan fingerprint density at radius 2 is 1.86 bits per heavy atom. The first-order valence-corrected chi connectivity index (χ1v) is 8.15. The number of carbonyl (C=O) groups excluding carboxylic acids is 1. The number of nitrogens with two attached hydrogens (primary N) is 1. The smallest absolute Gasteiger partial charge is 0.253 e. The van der Waals surface area contributed by atoms with Gasteiger partial charge in [0.25, 0.3) is 5.91 Å². The van der Waals surface area contributed by atoms with Crippen molar-refractivity contribution in [3.63, 3.8) is 0 Å². The fourth-order valence-corrected chi connectivity index (χ4v) is 2.96. The van der Waals surface area contributed by atoms with Gasteiger partial charge in [0.2, 0.25) is 0 Å². The molecule has 0 bridgehead atoms. The molecule has 1 aromatic carbocycles. The van der Waals surface area contributed by atoms with Crippen molar-refractivity contribution in [2.24, 2.45) is 0 Å². The number of hydrogen-bond acceptors (Lipinski definition) is 3. The van der Waals surface area contributed by atoms with E-state index in [9.17, 15) is 4.79 Å². The first kappa shape index (κ1) is 15.7. The summed E-state index contributed by atoms with van der Waals surface area (Å²) >= 11 is 0. The molecule has 4 N–H and O–H groups in total. The van der Waals surface area contributed by atoms with Gasteiger partial charge < -0.3 is 16.4 Å². The lowest BCUT2D eigenvalue weighted by Crippen LogP contribution is -2.26. The van der Waals surface area contributed by atoms with Crippen LogP contribution in [0.2, 0.25) is 0 Å². The second kappa shape index (κ2) is 7.91. The molecular weight excluding hydrogens is 262 g/mol. The van der Waals surface area contributed by atoms with Crippen LogP contribution in [0.25, 0.3) is 0 Å². The van der Waals surface area contributed by atoms with Gasteiger partial charge in [-0.1, -0.05) is 32.1 Å². The van der Waals surface area contributed by atoms with Crippen molar-refractivity contribution in [3.05, 3.63) is 23.8 Å². The van der Waals surface area contributed by atoms with Crippen LogP contribution in [0, 0.1) is 0 Å². The van der Waals surface area contributed by atoms with Crippen LogP contribution >= 0.6 is 0 Å². The van der Waals surface area contributed by atoms with Crippen LogP contribution in [-0.4, -0.2) is 18.5 Å². The second-order valence-corrected chi connectivity index (χ2v) is 5.85. The molecule has 2 rings (SSSR count). The highest BCUT2D eigenvalue weighted by Gasteiger charge is 2.16. The lowest BCUT2D eigenvalue weighted by Gasteiger charge is -2.23. The molecule has 1 aromatic rings. The maximum atomic E-state index is 12.1. The summed E-state index contributed by atoms with van der Waals surface area (Å²) in [7, 11) is 0. The van der Waals surface area contributed by atoms with Crippen molar-refractivity contribution in [2.75, 3.05) is 17.6 Å². The maximum absolute atomic E-state index is 12.1. The lowest BCUT2D eigenvalue weighted by molar-refractivity contribution is 0.0956. The van der Waals surface area contributed by atoms with Crippen LogP contribution in [-0.2, 0) is 0 Å². The molecular formula is C17H27N3O. The number of hydrogen-bond donors (Lipinski definition) is 3. The van der Waals surface area contributed by atoms with E-state index in [1.807, 2.05) is 19.1 Å². The molecule has 0 heterocycles. The molecule has 0 aliphatic heterocycles. The van der Waals surface area contributed by atoms with Gasteiger partial charge >= 0.3 is 0 Å². The molecule has 4 heteroatoms. The number of amides is 1. The van der Waals surface area contributed by atoms with Gasteiger partial charge in [-0.15, -0.1) is 0 Å². The van der Waals surface area contributed by atoms with E-state index in [4.69, 9.17) is 5.73 Å². The van der Waals surface area contributed by atoms with Gasteiger partial charge in [-0.05, 0) is 38.0 Å². The van der Waals surface area contributed by atoms with Crippen molar-refractivity contribution < 1.29 is 4.79 Å². The zero-order valence-corrected chi connectivity index (χ0v) is 13.0. The summed E-state index contributed by atoms with van der Waals surface area (Å²) in [6.45, 7) is 2.56. The normalized spacial score (nSPS) is 16.8. The van der Waals surface area contributed by atoms with E-state index in [2.05, 4.69) is 10.6 Å². The predicted octanol–water partition coefficient (Wildman–Crippen LogP) is 3.54. The summed E-state index contributed by atoms with van der Waals surface area (Å²) in [5, 5.41) is 6.42. The number of benzene rings is 1. The van der Waals surface area contributed by atoms with Crippen LogP contribution in [0.4, 0.5) is 11.4 Å². The Kier molecular flexibility index (Phi) is 5.90. The molecule has 0 saturated heterocycles. The SMILES string of the molecule is CCNC(=O)c1ccc(N)cc1NC1CCCCCCC1. The largest absolute Gasteiger partial charge is 0.399 e. The van der Waals surface area contributed by atoms with Crippen LogP contribution in [0.15, 0.2) is 18.2 Å². The monoisotopic (exact) mass is 289 g/mol. The average Bonchev–Trinajstić information content (AvgIpc) is 2.42. The van der Waals surface area contributed by atoms with Crippen molar-refractivity contribution in [2.45, 2.75) is 57.9 Å². The molecule has 1 amide bonds. The van der Waals surface area contributed by atoms with Gasteiger partial charge in [0.05, 0.1) is 5.56 Å². The summed E-state index contributed by atoms with van der Waals surface area (Å²) in [5.41, 5.74) is 8.14. The van der Waals surface area contributed by atoms with Crippen LogP contribution in [0.3, 0.4) is 0 Å². The van der Waals surface area contributed by atoms with E-state index in [-0.39, 0.29) is 5.91 Å². The van der Waals surface area contributed by atoms with Crippen molar-refractivity contribution in [1.29, 1.82) is 0 Å². The van der Waals surface area contributed by atoms with Crippen molar-refractivity contribution in [1.82, 2.24) is 5.32 Å². The summed E-state index contributed by atoms with van der Waals surface area (Å²) in [6.07, 6.45) is 8.85. The molecule has 4 nitrogen and oxygen atoms in total. The fourth-order valence-electron chi connectivity index (χ4n) is 2.96. The quantitative estimate of drug-likeness (QED) is 0.743. The Labute approximate surface area is 127 Å². The lowest BCUT2D eigenvalue weighted by atomic mass is 9.96. The third-order valence-corrected chi connectivity index (χ3v) is 4.09. The zero-order chi connectivity index (χ0) is 15.1. The Hall–Kier alpha value is -1.71. The van der Waals surface area contributed by atoms with E-state index in [0.29, 0.717) is 23.8 Å². The van der Waals surface area contributed by atoms with Crippen LogP contribution in [0.1, 0.15) is 62.2 Å². The van der Waals surface area contributed by atoms with Crippen LogP contribution < -0.4 is 16.4 Å². The highest BCUT2D eigenvalue weighted by molar-refractivity contribution is 6.00. The average molecular weight is 289 g/mol. The summed E-state index contributed by atoms with van der Waals surface area (Å²) in [6, 6.07) is 5.92. The number of anilines is 2. The molecule has 21 heavy (non-hydrogen) atoms. The number of carbonyl (C=O) groups is 1. The Bertz CT molecular complexity index is 465. The molecule has 1 fully saturated rings. The van der Waals surface area contributed by atoms with Gasteiger partial charge in [0.15, 0.2) is 0 Å². The molecule has 0 unspecified atom stereocenters. The van der Waals surface area contributed by atoms with E-state index < -0.39 is 0 Å². The van der Waals surface area contributed by atoms with E-state index in [1.54, 1.807) is 6.07 Å². The molecule has 1 aliphatic rings. The molecule has 116 valence electrons. The van der Waals surface area contributed by atoms with Gasteiger partial charge in [-0.25, -0.2) is 0 Å². The van der Waals surface area contributed by atoms with E-state index in [0.717, 1.165) is 5.69 Å². The van der Waals surface area contributed by atoms with Crippen LogP contribution in [0.5, 0.6) is 0 Å². The van der Waals surface area contributed by atoms with Crippen molar-refractivity contribution >= 4 is 17.3 Å². The molecule has 0 spiro atoms. The molecule has 0 aromatic heterocycles. The number of nitrogens with one attached hydrogen (secondary N) is 2. The molecule has 0 radical (unpaired) electrons. The topological polar surface area (TPSA) is 67.2 Å². The summed E-state index contributed by atoms with van der Waals surface area (Å²) in [5.74, 6) is -0.0363. The highest BCUT2D eigenvalue weighted by atomic mass is 16.1. The third-order valence-electron chi connectivity index (χ3n) is 4.09. The molecule has 1 aliphatic carbocycles. The Morgan fingerprint density at radius 1 is 1.19 bits per heavy atom. The first-order valence-electron chi connectivity index (χ1n) is 8.15. The first-order chi connectivity index (χ1) is 10.2. The highest BCUT2D eigenvalue weighted by Crippen LogP contribution is 2.25. The van der Waals surface area contributed by atoms with Gasteiger partial charge in [0.1, 0.15) is 0 Å². The molecule has 1 saturated carbocycles. The molecule has 0 atom stereocenters. The predicted molar refractivity (Wildman–Crippen MR) is 88.6 cm³/mol. The Morgan fingerprint density at radius 3 is 2.52 bits per heavy atom. The van der Waals surface area contributed by atoms with Gasteiger partial charge in [-0.2, -0.15) is 0 Å². The minimum atomic E-state index is -0.0363. The minimum absolute atomic E-state index is 0.0363. The second-order valence-electron chi connectivity index (χ2n) is 5.85. The number of nitrogen functional groups attached to an aromatic ring is 1. The number of rotatable bonds is 4. The fraction of sp³-hybridized carbons (Fsp3) is 0.588. The van der Waals surface area contributed by atoms with Gasteiger partial charge in [0, 0.05) is 24.0 Å². The van der Waals surface area contributed by atoms with Gasteiger partial charge in [-0.3, -0.25) is 4.79 Å². The summed E-state index contributed by atoms with van der Waals surface area (Å²) in [4.78, 5) is 12.1. The minimum Gasteiger partial charge on any atom is -0.399 e. The zero-order valence-electron chi connectivity index (χ0n) is 13.0. The maximum Gasteiger partial charge on any atom is 0.253 e. The van der Waals surface area contributed by atoms with E-state index >= 15 is 0 Å². The third kappa shape index (κ3) is 4.66. The standard InChI is InChI=1S/C17H27N3O/c1-2-19-17(21)15-11-10-13(18)12-16(15)20-14-8-6-4-3-5-7-9-14/h10-12,14,20H,2-9,18H2,1H3,(H,19,21). The summed E-state index contributed by atoms with van der Waals surface area (Å²) < 4.78 is 0. The van der Waals surface area contributed by atoms with Crippen molar-refractivity contribution in [3.8, 4) is 0 Å². The van der Waals surface area contributed by atoms with E-state index in [1.165, 1.54) is 44.9 Å². The Balaban J connectivity index is 2.12.